The summed E-state index contributed by atoms with van der Waals surface area (Å²) in [4.78, 5) is 6.77. The number of fused-ring (bicyclic) bond motifs is 3. The molecule has 2 aromatic carbocycles. The van der Waals surface area contributed by atoms with Gasteiger partial charge in [0.1, 0.15) is 5.82 Å². The van der Waals surface area contributed by atoms with Crippen LogP contribution >= 0.6 is 0 Å². The normalized spacial score (nSPS) is 10.6. The molecule has 0 spiro atoms. The van der Waals surface area contributed by atoms with Crippen LogP contribution in [0.4, 0.5) is 11.5 Å². The van der Waals surface area contributed by atoms with Gasteiger partial charge in [0.25, 0.3) is 5.78 Å². The number of nitrogens with zero attached hydrogens (tertiary/aromatic N) is 5. The van der Waals surface area contributed by atoms with Gasteiger partial charge >= 0.3 is 0 Å². The molecule has 4 rings (SSSR count). The van der Waals surface area contributed by atoms with E-state index in [1.165, 1.54) is 0 Å². The van der Waals surface area contributed by atoms with Crippen LogP contribution < -0.4 is 10.6 Å². The summed E-state index contributed by atoms with van der Waals surface area (Å²) in [6.07, 6.45) is 0. The molecular weight excluding hydrogens is 312 g/mol. The number of nitrogens with two attached hydrogens (primary N) is 1. The Morgan fingerprint density at radius 2 is 1.80 bits per heavy atom. The van der Waals surface area contributed by atoms with Crippen molar-refractivity contribution in [2.24, 2.45) is 5.73 Å². The van der Waals surface area contributed by atoms with E-state index in [2.05, 4.69) is 22.0 Å². The maximum absolute atomic E-state index is 5.48. The fourth-order valence-corrected chi connectivity index (χ4v) is 2.82. The third kappa shape index (κ3) is 2.57. The first-order valence-electron chi connectivity index (χ1n) is 7.91. The Kier molecular flexibility index (Phi) is 3.77. The van der Waals surface area contributed by atoms with Crippen LogP contribution in [0.1, 0.15) is 5.82 Å². The quantitative estimate of drug-likeness (QED) is 0.572. The number of anilines is 2. The zero-order chi connectivity index (χ0) is 17.2. The monoisotopic (exact) mass is 328 g/mol. The molecule has 0 amide bonds. The Bertz CT molecular complexity index is 1100. The van der Waals surface area contributed by atoms with Crippen molar-refractivity contribution in [2.45, 2.75) is 0 Å². The summed E-state index contributed by atoms with van der Waals surface area (Å²) in [5, 5.41) is 9.35. The summed E-state index contributed by atoms with van der Waals surface area (Å²) in [7, 11) is 1.99. The Hall–Kier alpha value is -3.43. The summed E-state index contributed by atoms with van der Waals surface area (Å²) in [5.74, 6) is 7.66. The predicted octanol–water partition coefficient (Wildman–Crippen LogP) is 2.36. The van der Waals surface area contributed by atoms with Crippen LogP contribution in [0, 0.1) is 11.8 Å². The Labute approximate surface area is 144 Å². The van der Waals surface area contributed by atoms with Crippen molar-refractivity contribution in [3.63, 3.8) is 0 Å². The maximum atomic E-state index is 5.48. The zero-order valence-electron chi connectivity index (χ0n) is 13.7. The molecule has 0 radical (unpaired) electrons. The molecule has 2 heterocycles. The second-order valence-corrected chi connectivity index (χ2v) is 5.51. The average Bonchev–Trinajstić information content (AvgIpc) is 3.09. The predicted molar refractivity (Wildman–Crippen MR) is 98.7 cm³/mol. The van der Waals surface area contributed by atoms with Crippen molar-refractivity contribution in [1.29, 1.82) is 0 Å². The zero-order valence-corrected chi connectivity index (χ0v) is 13.7. The maximum Gasteiger partial charge on any atom is 0.258 e. The molecule has 0 unspecified atom stereocenters. The van der Waals surface area contributed by atoms with Crippen molar-refractivity contribution in [3.8, 4) is 11.8 Å². The van der Waals surface area contributed by atoms with Gasteiger partial charge in [-0.3, -0.25) is 4.40 Å². The van der Waals surface area contributed by atoms with E-state index in [4.69, 9.17) is 10.7 Å². The SMILES string of the molecule is CN(c1ccccc1)c1nc2nnc(C#CCN)n2c2ccccc12. The molecule has 0 atom stereocenters. The van der Waals surface area contributed by atoms with Crippen molar-refractivity contribution in [3.05, 3.63) is 60.4 Å². The van der Waals surface area contributed by atoms with Crippen LogP contribution in [0.3, 0.4) is 0 Å². The summed E-state index contributed by atoms with van der Waals surface area (Å²) in [5.41, 5.74) is 7.48. The second kappa shape index (κ2) is 6.23. The van der Waals surface area contributed by atoms with Gasteiger partial charge in [0.2, 0.25) is 5.82 Å². The lowest BCUT2D eigenvalue weighted by atomic mass is 10.2. The smallest absolute Gasteiger partial charge is 0.258 e. The van der Waals surface area contributed by atoms with Crippen LogP contribution in [-0.4, -0.2) is 33.2 Å². The molecule has 0 fully saturated rings. The van der Waals surface area contributed by atoms with Crippen molar-refractivity contribution in [2.75, 3.05) is 18.5 Å². The number of para-hydroxylation sites is 2. The highest BCUT2D eigenvalue weighted by molar-refractivity contribution is 5.93. The number of benzene rings is 2. The lowest BCUT2D eigenvalue weighted by Crippen LogP contribution is -2.13. The molecular formula is C19H16N6. The van der Waals surface area contributed by atoms with Gasteiger partial charge in [-0.05, 0) is 30.2 Å². The van der Waals surface area contributed by atoms with E-state index in [1.54, 1.807) is 0 Å². The lowest BCUT2D eigenvalue weighted by Gasteiger charge is -2.20. The fraction of sp³-hybridized carbons (Fsp3) is 0.105. The summed E-state index contributed by atoms with van der Waals surface area (Å²) < 4.78 is 1.86. The van der Waals surface area contributed by atoms with E-state index >= 15 is 0 Å². The molecule has 2 aromatic heterocycles. The number of aromatic nitrogens is 4. The molecule has 0 aliphatic rings. The minimum atomic E-state index is 0.273. The van der Waals surface area contributed by atoms with E-state index in [-0.39, 0.29) is 6.54 Å². The van der Waals surface area contributed by atoms with Crippen molar-refractivity contribution in [1.82, 2.24) is 19.6 Å². The van der Waals surface area contributed by atoms with Crippen LogP contribution in [0.2, 0.25) is 0 Å². The van der Waals surface area contributed by atoms with Gasteiger partial charge in [-0.15, -0.1) is 10.2 Å². The Morgan fingerprint density at radius 3 is 2.60 bits per heavy atom. The van der Waals surface area contributed by atoms with Crippen LogP contribution in [-0.2, 0) is 0 Å². The average molecular weight is 328 g/mol. The van der Waals surface area contributed by atoms with Gasteiger partial charge in [-0.1, -0.05) is 36.3 Å². The first kappa shape index (κ1) is 15.1. The van der Waals surface area contributed by atoms with E-state index in [0.717, 1.165) is 22.4 Å². The molecule has 0 aliphatic heterocycles. The molecule has 6 nitrogen and oxygen atoms in total. The van der Waals surface area contributed by atoms with E-state index in [9.17, 15) is 0 Å². The van der Waals surface area contributed by atoms with Gasteiger partial charge in [0.15, 0.2) is 0 Å². The highest BCUT2D eigenvalue weighted by Gasteiger charge is 2.16. The fourth-order valence-electron chi connectivity index (χ4n) is 2.82. The van der Waals surface area contributed by atoms with Gasteiger partial charge < -0.3 is 10.6 Å². The molecule has 0 bridgehead atoms. The summed E-state index contributed by atoms with van der Waals surface area (Å²) in [6.45, 7) is 0.273. The second-order valence-electron chi connectivity index (χ2n) is 5.51. The summed E-state index contributed by atoms with van der Waals surface area (Å²) in [6, 6.07) is 18.1. The molecule has 0 saturated heterocycles. The van der Waals surface area contributed by atoms with Crippen LogP contribution in [0.25, 0.3) is 16.7 Å². The van der Waals surface area contributed by atoms with Gasteiger partial charge in [0.05, 0.1) is 12.1 Å². The molecule has 6 heteroatoms. The molecule has 0 saturated carbocycles. The largest absolute Gasteiger partial charge is 0.329 e. The Balaban J connectivity index is 2.00. The van der Waals surface area contributed by atoms with Crippen molar-refractivity contribution >= 4 is 28.2 Å². The summed E-state index contributed by atoms with van der Waals surface area (Å²) >= 11 is 0. The molecule has 122 valence electrons. The molecule has 4 aromatic rings. The van der Waals surface area contributed by atoms with Gasteiger partial charge in [-0.25, -0.2) is 0 Å². The van der Waals surface area contributed by atoms with Gasteiger partial charge in [-0.2, -0.15) is 4.98 Å². The third-order valence-corrected chi connectivity index (χ3v) is 4.00. The van der Waals surface area contributed by atoms with Gasteiger partial charge in [0, 0.05) is 18.1 Å². The lowest BCUT2D eigenvalue weighted by molar-refractivity contribution is 1.07. The van der Waals surface area contributed by atoms with E-state index in [0.29, 0.717) is 11.6 Å². The van der Waals surface area contributed by atoms with E-state index < -0.39 is 0 Å². The number of rotatable bonds is 2. The first-order chi connectivity index (χ1) is 12.3. The van der Waals surface area contributed by atoms with Crippen molar-refractivity contribution < 1.29 is 0 Å². The topological polar surface area (TPSA) is 72.3 Å². The molecule has 25 heavy (non-hydrogen) atoms. The highest BCUT2D eigenvalue weighted by Crippen LogP contribution is 2.30. The third-order valence-electron chi connectivity index (χ3n) is 4.00. The number of hydrogen-bond acceptors (Lipinski definition) is 5. The molecule has 0 aliphatic carbocycles. The first-order valence-corrected chi connectivity index (χ1v) is 7.91. The van der Waals surface area contributed by atoms with Crippen LogP contribution in [0.15, 0.2) is 54.6 Å². The highest BCUT2D eigenvalue weighted by atomic mass is 15.3. The standard InChI is InChI=1S/C19H16N6/c1-24(14-8-3-2-4-9-14)18-15-10-5-6-11-16(15)25-17(12-7-13-20)22-23-19(25)21-18/h2-6,8-11H,13,20H2,1H3. The Morgan fingerprint density at radius 1 is 1.04 bits per heavy atom. The van der Waals surface area contributed by atoms with Crippen LogP contribution in [0.5, 0.6) is 0 Å². The molecule has 2 N–H and O–H groups in total. The van der Waals surface area contributed by atoms with E-state index in [1.807, 2.05) is 70.9 Å². The minimum absolute atomic E-state index is 0.273. The number of hydrogen-bond donors (Lipinski definition) is 1. The minimum Gasteiger partial charge on any atom is -0.329 e.